The monoisotopic (exact) mass is 446 g/mol. The van der Waals surface area contributed by atoms with Crippen molar-refractivity contribution in [2.45, 2.75) is 53.6 Å². The molecule has 1 saturated heterocycles. The summed E-state index contributed by atoms with van der Waals surface area (Å²) in [5.74, 6) is 1.66. The van der Waals surface area contributed by atoms with Gasteiger partial charge in [-0.05, 0) is 74.8 Å². The molecule has 0 bridgehead atoms. The number of fused-ring (bicyclic) bond motifs is 1. The number of rotatable bonds is 7. The van der Waals surface area contributed by atoms with Gasteiger partial charge in [-0.3, -0.25) is 4.79 Å². The first kappa shape index (κ1) is 22.0. The molecule has 0 radical (unpaired) electrons. The lowest BCUT2D eigenvalue weighted by molar-refractivity contribution is 0.0357. The molecule has 1 amide bonds. The van der Waals surface area contributed by atoms with Gasteiger partial charge >= 0.3 is 0 Å². The van der Waals surface area contributed by atoms with Crippen LogP contribution in [0.3, 0.4) is 0 Å². The average Bonchev–Trinajstić information content (AvgIpc) is 3.55. The average molecular weight is 447 g/mol. The molecule has 3 heterocycles. The van der Waals surface area contributed by atoms with Crippen molar-refractivity contribution in [3.05, 3.63) is 57.9 Å². The Hall–Kier alpha value is -2.86. The van der Waals surface area contributed by atoms with Gasteiger partial charge in [0.25, 0.3) is 5.91 Å². The topological polar surface area (TPSA) is 70.4 Å². The van der Waals surface area contributed by atoms with Crippen molar-refractivity contribution in [1.29, 1.82) is 0 Å². The first-order chi connectivity index (χ1) is 15.9. The van der Waals surface area contributed by atoms with Crippen LogP contribution in [-0.2, 0) is 13.1 Å². The van der Waals surface area contributed by atoms with E-state index < -0.39 is 0 Å². The smallest absolute Gasteiger partial charge is 0.272 e. The maximum atomic E-state index is 13.2. The number of carbonyl (C=O) groups is 1. The number of hydrogen-bond donors (Lipinski definition) is 2. The molecule has 3 aromatic rings. The normalized spacial score (nSPS) is 16.3. The maximum absolute atomic E-state index is 13.2. The predicted octanol–water partition coefficient (Wildman–Crippen LogP) is 4.36. The molecule has 1 aromatic carbocycles. The molecule has 1 saturated carbocycles. The molecule has 2 fully saturated rings. The van der Waals surface area contributed by atoms with E-state index in [4.69, 9.17) is 4.98 Å². The van der Waals surface area contributed by atoms with E-state index in [1.807, 2.05) is 6.07 Å². The molecule has 33 heavy (non-hydrogen) atoms. The van der Waals surface area contributed by atoms with Crippen molar-refractivity contribution >= 4 is 22.6 Å². The van der Waals surface area contributed by atoms with Gasteiger partial charge in [0.05, 0.1) is 5.52 Å². The number of aliphatic hydroxyl groups is 1. The van der Waals surface area contributed by atoms with E-state index in [2.05, 4.69) is 55.8 Å². The number of hydrogen-bond acceptors (Lipinski definition) is 4. The van der Waals surface area contributed by atoms with Gasteiger partial charge in [0.2, 0.25) is 0 Å². The number of benzene rings is 1. The van der Waals surface area contributed by atoms with Gasteiger partial charge in [0.15, 0.2) is 5.82 Å². The molecule has 2 N–H and O–H groups in total. The van der Waals surface area contributed by atoms with Crippen LogP contribution in [0.15, 0.2) is 24.3 Å². The quantitative estimate of drug-likeness (QED) is 0.566. The van der Waals surface area contributed by atoms with Gasteiger partial charge in [-0.25, -0.2) is 4.98 Å². The minimum Gasteiger partial charge on any atom is -0.396 e. The van der Waals surface area contributed by atoms with Crippen molar-refractivity contribution in [3.63, 3.8) is 0 Å². The number of likely N-dealkylation sites (tertiary alicyclic amines) is 1. The third-order valence-electron chi connectivity index (χ3n) is 7.55. The molecule has 1 aliphatic heterocycles. The molecule has 0 atom stereocenters. The van der Waals surface area contributed by atoms with Crippen LogP contribution < -0.4 is 5.32 Å². The Morgan fingerprint density at radius 2 is 1.82 bits per heavy atom. The van der Waals surface area contributed by atoms with Crippen LogP contribution in [0.2, 0.25) is 0 Å². The number of amides is 1. The van der Waals surface area contributed by atoms with E-state index in [1.165, 1.54) is 40.8 Å². The summed E-state index contributed by atoms with van der Waals surface area (Å²) in [4.78, 5) is 19.9. The molecule has 2 aromatic heterocycles. The number of aromatic nitrogens is 2. The summed E-state index contributed by atoms with van der Waals surface area (Å²) in [6, 6.07) is 8.33. The second-order valence-electron chi connectivity index (χ2n) is 10.00. The van der Waals surface area contributed by atoms with Crippen LogP contribution in [0, 0.1) is 39.5 Å². The van der Waals surface area contributed by atoms with Crippen molar-refractivity contribution in [3.8, 4) is 0 Å². The molecule has 2 aliphatic rings. The second kappa shape index (κ2) is 8.49. The molecular weight excluding hydrogens is 412 g/mol. The SMILES string of the molecule is Cc1cccc(C)c1CNc1nc(C(=O)N2CC(CO)C2)cc2c(C)c(C)n(CC3CC3)c12. The summed E-state index contributed by atoms with van der Waals surface area (Å²) < 4.78 is 2.40. The van der Waals surface area contributed by atoms with E-state index in [9.17, 15) is 9.90 Å². The van der Waals surface area contributed by atoms with Crippen molar-refractivity contribution < 1.29 is 9.90 Å². The number of nitrogens with one attached hydrogen (secondary N) is 1. The highest BCUT2D eigenvalue weighted by atomic mass is 16.3. The van der Waals surface area contributed by atoms with Gasteiger partial charge in [-0.1, -0.05) is 18.2 Å². The van der Waals surface area contributed by atoms with Crippen LogP contribution in [0.1, 0.15) is 51.3 Å². The van der Waals surface area contributed by atoms with E-state index >= 15 is 0 Å². The Morgan fingerprint density at radius 1 is 1.12 bits per heavy atom. The number of aliphatic hydroxyl groups excluding tert-OH is 1. The predicted molar refractivity (Wildman–Crippen MR) is 132 cm³/mol. The van der Waals surface area contributed by atoms with E-state index in [1.54, 1.807) is 4.90 Å². The summed E-state index contributed by atoms with van der Waals surface area (Å²) in [6.07, 6.45) is 2.57. The summed E-state index contributed by atoms with van der Waals surface area (Å²) in [6.45, 7) is 11.6. The molecule has 1 aliphatic carbocycles. The Bertz CT molecular complexity index is 1200. The molecule has 6 heteroatoms. The second-order valence-corrected chi connectivity index (χ2v) is 10.00. The number of carbonyl (C=O) groups excluding carboxylic acids is 1. The lowest BCUT2D eigenvalue weighted by Crippen LogP contribution is -2.51. The Balaban J connectivity index is 1.56. The van der Waals surface area contributed by atoms with Gasteiger partial charge in [0.1, 0.15) is 5.69 Å². The Morgan fingerprint density at radius 3 is 2.45 bits per heavy atom. The highest BCUT2D eigenvalue weighted by Crippen LogP contribution is 2.37. The zero-order chi connectivity index (χ0) is 23.3. The maximum Gasteiger partial charge on any atom is 0.272 e. The molecule has 174 valence electrons. The van der Waals surface area contributed by atoms with Crippen LogP contribution in [0.5, 0.6) is 0 Å². The van der Waals surface area contributed by atoms with Crippen LogP contribution in [0.4, 0.5) is 5.82 Å². The molecule has 0 unspecified atom stereocenters. The third kappa shape index (κ3) is 4.01. The van der Waals surface area contributed by atoms with Gasteiger partial charge in [0, 0.05) is 49.8 Å². The largest absolute Gasteiger partial charge is 0.396 e. The molecule has 6 nitrogen and oxygen atoms in total. The van der Waals surface area contributed by atoms with Crippen LogP contribution >= 0.6 is 0 Å². The van der Waals surface area contributed by atoms with Crippen LogP contribution in [0.25, 0.3) is 10.9 Å². The first-order valence-corrected chi connectivity index (χ1v) is 12.1. The minimum absolute atomic E-state index is 0.0521. The summed E-state index contributed by atoms with van der Waals surface area (Å²) in [7, 11) is 0. The van der Waals surface area contributed by atoms with Crippen molar-refractivity contribution in [2.75, 3.05) is 25.0 Å². The van der Waals surface area contributed by atoms with Gasteiger partial charge in [-0.15, -0.1) is 0 Å². The summed E-state index contributed by atoms with van der Waals surface area (Å²) in [5.41, 5.74) is 7.83. The first-order valence-electron chi connectivity index (χ1n) is 12.1. The molecule has 5 rings (SSSR count). The highest BCUT2D eigenvalue weighted by molar-refractivity contribution is 6.01. The summed E-state index contributed by atoms with van der Waals surface area (Å²) in [5, 5.41) is 14.1. The van der Waals surface area contributed by atoms with Crippen molar-refractivity contribution in [2.24, 2.45) is 11.8 Å². The van der Waals surface area contributed by atoms with E-state index in [-0.39, 0.29) is 18.4 Å². The fourth-order valence-electron chi connectivity index (χ4n) is 5.00. The fraction of sp³-hybridized carbons (Fsp3) is 0.481. The Kier molecular flexibility index (Phi) is 5.65. The van der Waals surface area contributed by atoms with Crippen LogP contribution in [-0.4, -0.2) is 45.2 Å². The van der Waals surface area contributed by atoms with E-state index in [0.29, 0.717) is 25.3 Å². The lowest BCUT2D eigenvalue weighted by Gasteiger charge is -2.38. The molecular formula is C27H34N4O2. The lowest BCUT2D eigenvalue weighted by atomic mass is 10.0. The summed E-state index contributed by atoms with van der Waals surface area (Å²) >= 11 is 0. The fourth-order valence-corrected chi connectivity index (χ4v) is 5.00. The zero-order valence-corrected chi connectivity index (χ0v) is 20.1. The van der Waals surface area contributed by atoms with Gasteiger partial charge in [-0.2, -0.15) is 0 Å². The van der Waals surface area contributed by atoms with E-state index in [0.717, 1.165) is 29.2 Å². The minimum atomic E-state index is -0.0521. The highest BCUT2D eigenvalue weighted by Gasteiger charge is 2.32. The Labute approximate surface area is 195 Å². The number of anilines is 1. The van der Waals surface area contributed by atoms with Gasteiger partial charge < -0.3 is 19.9 Å². The molecule has 0 spiro atoms. The zero-order valence-electron chi connectivity index (χ0n) is 20.1. The third-order valence-corrected chi connectivity index (χ3v) is 7.55. The number of aryl methyl sites for hydroxylation is 3. The number of pyridine rings is 1. The van der Waals surface area contributed by atoms with Crippen molar-refractivity contribution in [1.82, 2.24) is 14.5 Å². The standard InChI is InChI=1S/C27H34N4O2/c1-16-6-5-7-17(2)23(16)11-28-26-25-22(18(3)19(4)31(25)14-20-8-9-20)10-24(29-26)27(33)30-12-21(13-30)15-32/h5-7,10,20-21,32H,8-9,11-15H2,1-4H3,(H,28,29). The number of nitrogens with zero attached hydrogens (tertiary/aromatic N) is 3.